The van der Waals surface area contributed by atoms with Crippen LogP contribution in [-0.4, -0.2) is 17.5 Å². The maximum Gasteiger partial charge on any atom is 0.0817 e. The van der Waals surface area contributed by atoms with Crippen LogP contribution in [0.25, 0.3) is 28.2 Å². The molecule has 0 amide bonds. The van der Waals surface area contributed by atoms with Gasteiger partial charge < -0.3 is 79.4 Å². The molecule has 0 N–H and O–H groups in total. The van der Waals surface area contributed by atoms with Crippen molar-refractivity contribution in [3.63, 3.8) is 0 Å². The van der Waals surface area contributed by atoms with Crippen LogP contribution in [0.2, 0.25) is 0 Å². The number of aryl methyl sites for hydroxylation is 4. The molecule has 0 aliphatic heterocycles. The molecule has 0 fully saturated rings. The number of hydrogen-bond acceptors (Lipinski definition) is 6. The van der Waals surface area contributed by atoms with Crippen LogP contribution in [0.4, 0.5) is 0 Å². The van der Waals surface area contributed by atoms with Crippen molar-refractivity contribution >= 4 is 253 Å². The molecule has 0 saturated carbocycles. The molecule has 63 heavy (non-hydrogen) atoms. The van der Waals surface area contributed by atoms with Crippen molar-refractivity contribution in [3.05, 3.63) is 99.9 Å². The first kappa shape index (κ1) is 148. The molecule has 0 atom stereocenters. The molecule has 0 aromatic carbocycles. The van der Waals surface area contributed by atoms with E-state index in [-0.39, 0.29) is 449 Å². The van der Waals surface area contributed by atoms with Crippen LogP contribution in [0.1, 0.15) is 70.5 Å². The molecule has 2 radical (unpaired) electrons. The van der Waals surface area contributed by atoms with Crippen molar-refractivity contribution in [3.8, 4) is 0 Å². The molecule has 0 saturated heterocycles. The maximum atomic E-state index is 3.60. The van der Waals surface area contributed by atoms with Gasteiger partial charge in [0.05, 0.1) is 33.5 Å². The number of rotatable bonds is 0. The van der Waals surface area contributed by atoms with Gasteiger partial charge in [0.1, 0.15) is 0 Å². The van der Waals surface area contributed by atoms with Crippen LogP contribution < -0.4 is 0 Å². The van der Waals surface area contributed by atoms with Crippen LogP contribution >= 0.6 is 225 Å². The van der Waals surface area contributed by atoms with Crippen LogP contribution in [-0.2, 0) is 65.4 Å². The van der Waals surface area contributed by atoms with E-state index in [1.54, 1.807) is 22.7 Å². The third kappa shape index (κ3) is 53.3. The summed E-state index contributed by atoms with van der Waals surface area (Å²) in [5, 5.41) is 0. The Morgan fingerprint density at radius 2 is 0.540 bits per heavy atom. The van der Waals surface area contributed by atoms with Crippen molar-refractivity contribution in [2.24, 2.45) is 0 Å². The third-order valence-electron chi connectivity index (χ3n) is 4.36. The standard InChI is InChI=1S/C8H6Br2S2.C8H6S2.C6Br2I2S2.C2H6.3CH3Br.5CH4.6CH3.8Ar.2Y/c1-3-5(9)7-8(11-3)6(10)4(2)12-7;1-5-3-7-8(9-5)4-6(2)10-7;7-1-3-4(12-5(1)9)2(8)6(10)11-3;4*1-2;;;;;;;;;;;;;;;;;;;;;/h1-2H3;1-2H3;;1-2H3;3*1H3;5*1H4;6*1H3;;;;;;;;;;/q;-2;;;;;;;;;;;6*-1;;;;;;;;;;. The summed E-state index contributed by atoms with van der Waals surface area (Å²) < 4.78 is 15.7. The molecule has 6 rings (SSSR count). The smallest absolute Gasteiger partial charge is 0.0817 e. The third-order valence-corrected chi connectivity index (χ3v) is 20.4. The summed E-state index contributed by atoms with van der Waals surface area (Å²) in [7, 11) is 0. The largest absolute Gasteiger partial charge is 0.358 e. The molecule has 0 aliphatic rings. The van der Waals surface area contributed by atoms with Gasteiger partial charge in [0, 0.05) is 386 Å². The molecule has 0 nitrogen and oxygen atoms in total. The van der Waals surface area contributed by atoms with Gasteiger partial charge in [-0.05, 0) is 140 Å². The Kier molecular flexibility index (Phi) is 210. The zero-order chi connectivity index (χ0) is 32.9. The van der Waals surface area contributed by atoms with E-state index in [0.29, 0.717) is 0 Å². The van der Waals surface area contributed by atoms with Crippen LogP contribution in [0.15, 0.2) is 17.9 Å². The van der Waals surface area contributed by atoms with Gasteiger partial charge in [-0.2, -0.15) is 0 Å². The molecular weight excluding hydrogens is 1960 g/mol. The first-order valence-electron chi connectivity index (χ1n) is 11.5. The SMILES string of the molecule is Brc1c(I)sc2c(Br)c(I)sc12.C.C.C.C.C.CBr.CBr.CBr.CC.Cc1[c-]c2sc(C)[c-]c2s1.Cc1sc2c(Br)c(C)sc2c1Br.[Ar].[Ar].[Ar].[Ar].[Ar].[Ar].[Ar].[Ar].[CH3-].[CH3-].[CH3-].[CH3-].[CH3-].[CH3-].[Y].[Y]. The average Bonchev–Trinajstić information content (AvgIpc) is 3.80. The number of thiophene rings is 6. The number of halogens is 9. The molecule has 0 unspecified atom stereocenters. The number of alkyl halides is 3. The Labute approximate surface area is 793 Å². The number of hydrogen-bond donors (Lipinski definition) is 0. The minimum Gasteiger partial charge on any atom is -0.358 e. The van der Waals surface area contributed by atoms with E-state index in [2.05, 4.69) is 197 Å². The van der Waals surface area contributed by atoms with Crippen molar-refractivity contribution in [2.75, 3.05) is 17.5 Å². The second-order valence-electron chi connectivity index (χ2n) is 6.87. The van der Waals surface area contributed by atoms with Gasteiger partial charge in [-0.25, -0.2) is 0 Å². The van der Waals surface area contributed by atoms with Gasteiger partial charge >= 0.3 is 0 Å². The Morgan fingerprint density at radius 3 is 0.730 bits per heavy atom. The van der Waals surface area contributed by atoms with Crippen molar-refractivity contribution in [2.45, 2.75) is 78.7 Å². The fourth-order valence-corrected chi connectivity index (χ4v) is 14.5. The predicted octanol–water partition coefficient (Wildman–Crippen LogP) is 23.9. The van der Waals surface area contributed by atoms with Gasteiger partial charge in [-0.1, -0.05) is 113 Å². The second-order valence-corrected chi connectivity index (χ2v) is 20.6. The van der Waals surface area contributed by atoms with E-state index in [1.807, 2.05) is 76.7 Å². The minimum atomic E-state index is 0. The second kappa shape index (κ2) is 89.3. The van der Waals surface area contributed by atoms with E-state index in [1.165, 1.54) is 71.4 Å². The summed E-state index contributed by atoms with van der Waals surface area (Å²) in [6.07, 6.45) is 0. The Hall–Kier alpha value is 16.1. The Bertz CT molecular complexity index is 1460. The summed E-state index contributed by atoms with van der Waals surface area (Å²) in [4.78, 5) is 5.24. The summed E-state index contributed by atoms with van der Waals surface area (Å²) in [5.41, 5.74) is 0. The maximum absolute atomic E-state index is 3.60. The predicted molar refractivity (Wildman–Crippen MR) is 320 cm³/mol. The first-order valence-corrected chi connectivity index (χ1v) is 26.5. The minimum absolute atomic E-state index is 0. The zero-order valence-electron chi connectivity index (χ0n) is 33.8. The van der Waals surface area contributed by atoms with E-state index >= 15 is 0 Å². The topological polar surface area (TPSA) is 0 Å². The first-order chi connectivity index (χ1) is 20.0. The summed E-state index contributed by atoms with van der Waals surface area (Å²) in [6, 6.07) is 6.57. The monoisotopic (exact) mass is 2020 g/mol. The van der Waals surface area contributed by atoms with E-state index in [4.69, 9.17) is 0 Å². The van der Waals surface area contributed by atoms with Gasteiger partial charge in [-0.15, -0.1) is 55.1 Å². The molecule has 6 aromatic rings. The van der Waals surface area contributed by atoms with Crippen molar-refractivity contribution < 1.29 is 367 Å². The van der Waals surface area contributed by atoms with Crippen molar-refractivity contribution in [1.82, 2.24) is 0 Å². The average molecular weight is 2020 g/mol. The zero-order valence-corrected chi connectivity index (χ0v) is 65.5. The molecule has 25 heteroatoms. The normalized spacial score (nSPS) is 6.44. The molecule has 0 spiro atoms. The summed E-state index contributed by atoms with van der Waals surface area (Å²) in [5.74, 6) is 5.44. The Balaban J connectivity index is -0.0000000160. The van der Waals surface area contributed by atoms with Gasteiger partial charge in [-0.3, -0.25) is 9.40 Å². The molecular formula is C38H65Ar8Br7I2S6Y2-8. The summed E-state index contributed by atoms with van der Waals surface area (Å²) in [6.45, 7) is 12.5. The molecule has 6 aromatic heterocycles. The van der Waals surface area contributed by atoms with Crippen LogP contribution in [0.3, 0.4) is 0 Å². The quantitative estimate of drug-likeness (QED) is 0.0808. The number of fused-ring (bicyclic) bond motifs is 3. The summed E-state index contributed by atoms with van der Waals surface area (Å²) >= 11 is 38.8. The van der Waals surface area contributed by atoms with E-state index < -0.39 is 0 Å². The molecule has 6 heterocycles. The van der Waals surface area contributed by atoms with E-state index in [9.17, 15) is 0 Å². The molecule has 394 valence electrons. The fourth-order valence-electron chi connectivity index (χ4n) is 2.86. The van der Waals surface area contributed by atoms with Crippen LogP contribution in [0, 0.1) is 392 Å². The van der Waals surface area contributed by atoms with Crippen molar-refractivity contribution in [1.29, 1.82) is 0 Å². The van der Waals surface area contributed by atoms with Gasteiger partial charge in [0.15, 0.2) is 0 Å². The van der Waals surface area contributed by atoms with E-state index in [0.717, 1.165) is 0 Å². The van der Waals surface area contributed by atoms with Gasteiger partial charge in [0.25, 0.3) is 0 Å². The molecule has 0 aliphatic carbocycles. The van der Waals surface area contributed by atoms with Crippen LogP contribution in [0.5, 0.6) is 0 Å². The van der Waals surface area contributed by atoms with Gasteiger partial charge in [0.2, 0.25) is 0 Å². The Morgan fingerprint density at radius 1 is 0.365 bits per heavy atom. The molecule has 0 bridgehead atoms. The fraction of sp³-hybridized carbons (Fsp3) is 0.368.